The van der Waals surface area contributed by atoms with Gasteiger partial charge in [0.1, 0.15) is 0 Å². The van der Waals surface area contributed by atoms with Gasteiger partial charge in [-0.05, 0) is 6.42 Å². The number of carboxylic acids is 1. The third-order valence-corrected chi connectivity index (χ3v) is 1.60. The second-order valence-electron chi connectivity index (χ2n) is 2.68. The average molecular weight is 161 g/mol. The molecule has 0 rings (SSSR count). The Morgan fingerprint density at radius 2 is 2.27 bits per heavy atom. The molecule has 2 N–H and O–H groups in total. The van der Waals surface area contributed by atoms with E-state index in [0.29, 0.717) is 6.42 Å². The van der Waals surface area contributed by atoms with E-state index in [1.807, 2.05) is 0 Å². The van der Waals surface area contributed by atoms with Crippen LogP contribution in [0.3, 0.4) is 0 Å². The van der Waals surface area contributed by atoms with Gasteiger partial charge >= 0.3 is 5.97 Å². The second-order valence-corrected chi connectivity index (χ2v) is 2.68. The lowest BCUT2D eigenvalue weighted by atomic mass is 10.1. The van der Waals surface area contributed by atoms with Crippen LogP contribution >= 0.6 is 0 Å². The highest BCUT2D eigenvalue weighted by Gasteiger charge is 2.11. The monoisotopic (exact) mass is 161 g/mol. The van der Waals surface area contributed by atoms with E-state index in [9.17, 15) is 4.79 Å². The number of unbranched alkanes of at least 4 members (excludes halogenated alkanes) is 3. The summed E-state index contributed by atoms with van der Waals surface area (Å²) in [5, 5.41) is 12.7. The van der Waals surface area contributed by atoms with E-state index in [-0.39, 0.29) is 0 Å². The SMILES string of the molecule is [2H]OC(=O)C(O)CCCCCC. The van der Waals surface area contributed by atoms with Gasteiger partial charge in [-0.1, -0.05) is 32.6 Å². The van der Waals surface area contributed by atoms with Crippen molar-refractivity contribution in [2.24, 2.45) is 0 Å². The molecule has 0 aromatic carbocycles. The number of aliphatic carboxylic acids is 1. The summed E-state index contributed by atoms with van der Waals surface area (Å²) >= 11 is 0. The Kier molecular flexibility index (Phi) is 4.77. The summed E-state index contributed by atoms with van der Waals surface area (Å²) in [5.74, 6) is -0.855. The van der Waals surface area contributed by atoms with Crippen LogP contribution in [0.2, 0.25) is 0 Å². The summed E-state index contributed by atoms with van der Waals surface area (Å²) < 4.78 is 6.25. The molecule has 0 radical (unpaired) electrons. The fourth-order valence-corrected chi connectivity index (χ4v) is 0.882. The maximum Gasteiger partial charge on any atom is 0.332 e. The maximum absolute atomic E-state index is 10.5. The van der Waals surface area contributed by atoms with Crippen molar-refractivity contribution in [2.75, 3.05) is 0 Å². The number of hydrogen-bond acceptors (Lipinski definition) is 3. The van der Waals surface area contributed by atoms with Crippen molar-refractivity contribution < 1.29 is 15.0 Å². The lowest BCUT2D eigenvalue weighted by molar-refractivity contribution is -0.146. The Morgan fingerprint density at radius 1 is 1.55 bits per heavy atom. The van der Waals surface area contributed by atoms with E-state index in [1.54, 1.807) is 0 Å². The van der Waals surface area contributed by atoms with Crippen molar-refractivity contribution in [3.63, 3.8) is 0 Å². The fraction of sp³-hybridized carbons (Fsp3) is 0.875. The molecule has 3 nitrogen and oxygen atoms in total. The molecule has 1 atom stereocenters. The molecule has 0 saturated carbocycles. The van der Waals surface area contributed by atoms with Gasteiger partial charge in [-0.25, -0.2) is 4.79 Å². The first-order valence-electron chi connectivity index (χ1n) is 4.48. The van der Waals surface area contributed by atoms with Crippen LogP contribution in [0.1, 0.15) is 39.0 Å². The quantitative estimate of drug-likeness (QED) is 0.579. The summed E-state index contributed by atoms with van der Waals surface area (Å²) in [7, 11) is 0. The predicted octanol–water partition coefficient (Wildman–Crippen LogP) is 1.40. The predicted molar refractivity (Wildman–Crippen MR) is 42.4 cm³/mol. The van der Waals surface area contributed by atoms with E-state index in [0.717, 1.165) is 25.7 Å². The van der Waals surface area contributed by atoms with Crippen molar-refractivity contribution in [2.45, 2.75) is 45.1 Å². The minimum Gasteiger partial charge on any atom is -0.479 e. The molecular weight excluding hydrogens is 144 g/mol. The van der Waals surface area contributed by atoms with Gasteiger partial charge < -0.3 is 10.2 Å². The van der Waals surface area contributed by atoms with Gasteiger partial charge in [0.25, 0.3) is 1.43 Å². The lowest BCUT2D eigenvalue weighted by Crippen LogP contribution is -2.18. The van der Waals surface area contributed by atoms with E-state index in [2.05, 4.69) is 12.0 Å². The highest BCUT2D eigenvalue weighted by atomic mass is 16.4. The zero-order valence-electron chi connectivity index (χ0n) is 7.88. The molecule has 0 bridgehead atoms. The molecular formula is C8H16O3. The molecule has 0 fully saturated rings. The zero-order chi connectivity index (χ0) is 9.40. The van der Waals surface area contributed by atoms with Crippen LogP contribution in [0.25, 0.3) is 1.43 Å². The molecule has 0 aliphatic rings. The number of aliphatic hydroxyl groups is 1. The molecule has 0 heterocycles. The van der Waals surface area contributed by atoms with Crippen LogP contribution < -0.4 is 0 Å². The second kappa shape index (κ2) is 6.16. The molecule has 11 heavy (non-hydrogen) atoms. The molecule has 66 valence electrons. The van der Waals surface area contributed by atoms with Crippen LogP contribution in [0.5, 0.6) is 0 Å². The van der Waals surface area contributed by atoms with Crippen molar-refractivity contribution in [3.8, 4) is 0 Å². The Morgan fingerprint density at radius 3 is 2.82 bits per heavy atom. The highest BCUT2D eigenvalue weighted by Crippen LogP contribution is 2.05. The van der Waals surface area contributed by atoms with Gasteiger partial charge in [0.05, 0.1) is 0 Å². The van der Waals surface area contributed by atoms with Crippen LogP contribution in [0.4, 0.5) is 0 Å². The van der Waals surface area contributed by atoms with Gasteiger partial charge in [-0.2, -0.15) is 0 Å². The number of hydrogen-bond donors (Lipinski definition) is 2. The van der Waals surface area contributed by atoms with Crippen molar-refractivity contribution in [1.82, 2.24) is 0 Å². The highest BCUT2D eigenvalue weighted by molar-refractivity contribution is 5.71. The molecule has 0 aliphatic carbocycles. The molecule has 3 heteroatoms. The molecule has 0 aromatic rings. The summed E-state index contributed by atoms with van der Waals surface area (Å²) in [6.07, 6.45) is 3.35. The number of aliphatic hydroxyl groups excluding tert-OH is 1. The number of rotatable bonds is 6. The van der Waals surface area contributed by atoms with Crippen LogP contribution in [0.15, 0.2) is 0 Å². The van der Waals surface area contributed by atoms with E-state index >= 15 is 0 Å². The van der Waals surface area contributed by atoms with Gasteiger partial charge in [0, 0.05) is 0 Å². The Bertz CT molecular complexity index is 127. The topological polar surface area (TPSA) is 57.5 Å². The smallest absolute Gasteiger partial charge is 0.332 e. The normalized spacial score (nSPS) is 13.8. The van der Waals surface area contributed by atoms with Crippen LogP contribution in [-0.2, 0) is 4.79 Å². The minimum atomic E-state index is -1.11. The Hall–Kier alpha value is -0.570. The fourth-order valence-electron chi connectivity index (χ4n) is 0.882. The van der Waals surface area contributed by atoms with Crippen molar-refractivity contribution >= 4 is 5.97 Å². The summed E-state index contributed by atoms with van der Waals surface area (Å²) in [5.41, 5.74) is 0. The van der Waals surface area contributed by atoms with E-state index in [1.165, 1.54) is 0 Å². The van der Waals surface area contributed by atoms with E-state index < -0.39 is 12.1 Å². The third kappa shape index (κ3) is 5.85. The van der Waals surface area contributed by atoms with Gasteiger partial charge in [-0.15, -0.1) is 0 Å². The zero-order valence-corrected chi connectivity index (χ0v) is 6.88. The third-order valence-electron chi connectivity index (χ3n) is 1.60. The molecule has 0 spiro atoms. The Balaban J connectivity index is 3.31. The van der Waals surface area contributed by atoms with Crippen molar-refractivity contribution in [1.29, 1.82) is 1.43 Å². The number of carboxylic acid groups (broad SMARTS) is 1. The first kappa shape index (κ1) is 8.53. The van der Waals surface area contributed by atoms with Gasteiger partial charge in [0.15, 0.2) is 6.10 Å². The first-order valence-corrected chi connectivity index (χ1v) is 4.07. The summed E-state index contributed by atoms with van der Waals surface area (Å²) in [6.45, 7) is 2.09. The van der Waals surface area contributed by atoms with Crippen molar-refractivity contribution in [3.05, 3.63) is 0 Å². The van der Waals surface area contributed by atoms with Crippen LogP contribution in [0, 0.1) is 0 Å². The Labute approximate surface area is 68.5 Å². The average Bonchev–Trinajstić information content (AvgIpc) is 2.10. The standard InChI is InChI=1S/C8H16O3/c1-2-3-4-5-6-7(9)8(10)11/h7,9H,2-6H2,1H3,(H,10,11)/i/hD. The molecule has 0 saturated heterocycles. The molecule has 1 unspecified atom stereocenters. The largest absolute Gasteiger partial charge is 0.479 e. The molecule has 0 aromatic heterocycles. The maximum atomic E-state index is 10.5. The van der Waals surface area contributed by atoms with E-state index in [4.69, 9.17) is 6.54 Å². The molecule has 0 aliphatic heterocycles. The van der Waals surface area contributed by atoms with Crippen LogP contribution in [-0.4, -0.2) is 22.3 Å². The van der Waals surface area contributed by atoms with Gasteiger partial charge in [-0.3, -0.25) is 0 Å². The summed E-state index contributed by atoms with van der Waals surface area (Å²) in [6, 6.07) is 0. The number of carbonyl (C=O) groups is 1. The first-order chi connectivity index (χ1) is 5.72. The van der Waals surface area contributed by atoms with Gasteiger partial charge in [0.2, 0.25) is 0 Å². The minimum absolute atomic E-state index is 0.401. The molecule has 0 amide bonds. The lowest BCUT2D eigenvalue weighted by Gasteiger charge is -2.03. The summed E-state index contributed by atoms with van der Waals surface area (Å²) in [4.78, 5) is 10.5.